The monoisotopic (exact) mass is 589 g/mol. The number of thioether (sulfide) groups is 1. The molecule has 34 heavy (non-hydrogen) atoms. The van der Waals surface area contributed by atoms with Crippen molar-refractivity contribution >= 4 is 51.9 Å². The lowest BCUT2D eigenvalue weighted by Crippen LogP contribution is -2.33. The molecule has 3 aromatic rings. The fraction of sp³-hybridized carbons (Fsp3) is 0.280. The van der Waals surface area contributed by atoms with Gasteiger partial charge in [-0.3, -0.25) is 9.59 Å². The van der Waals surface area contributed by atoms with E-state index >= 15 is 0 Å². The molecule has 0 spiro atoms. The highest BCUT2D eigenvalue weighted by atomic mass is 127. The maximum Gasteiger partial charge on any atom is 0.251 e. The molecule has 7 nitrogen and oxygen atoms in total. The van der Waals surface area contributed by atoms with Crippen LogP contribution >= 0.6 is 34.4 Å². The van der Waals surface area contributed by atoms with Crippen LogP contribution in [0.5, 0.6) is 0 Å². The van der Waals surface area contributed by atoms with E-state index in [1.54, 1.807) is 6.08 Å². The minimum Gasteiger partial charge on any atom is -0.342 e. The number of aromatic nitrogens is 3. The van der Waals surface area contributed by atoms with Crippen molar-refractivity contribution in [3.63, 3.8) is 0 Å². The summed E-state index contributed by atoms with van der Waals surface area (Å²) in [7, 11) is 0. The molecule has 9 heteroatoms. The molecular formula is C25H28IN5O2S. The molecule has 3 rings (SSSR count). The number of benzene rings is 2. The number of aryl methyl sites for hydroxylation is 1. The number of hydrogen-bond acceptors (Lipinski definition) is 5. The molecule has 0 aliphatic heterocycles. The third-order valence-corrected chi connectivity index (χ3v) is 6.75. The van der Waals surface area contributed by atoms with E-state index in [1.807, 2.05) is 73.9 Å². The fourth-order valence-corrected chi connectivity index (χ4v) is 4.37. The highest BCUT2D eigenvalue weighted by Gasteiger charge is 2.26. The summed E-state index contributed by atoms with van der Waals surface area (Å²) in [6.07, 6.45) is 1.75. The first-order chi connectivity index (χ1) is 16.3. The summed E-state index contributed by atoms with van der Waals surface area (Å²) in [5, 5.41) is 15.3. The lowest BCUT2D eigenvalue weighted by molar-refractivity contribution is -0.113. The van der Waals surface area contributed by atoms with Crippen molar-refractivity contribution in [2.75, 3.05) is 11.1 Å². The average Bonchev–Trinajstić information content (AvgIpc) is 3.20. The van der Waals surface area contributed by atoms with Crippen LogP contribution in [0.25, 0.3) is 0 Å². The van der Waals surface area contributed by atoms with Gasteiger partial charge in [0.15, 0.2) is 11.0 Å². The Morgan fingerprint density at radius 1 is 1.12 bits per heavy atom. The molecule has 0 aliphatic carbocycles. The van der Waals surface area contributed by atoms with Crippen molar-refractivity contribution in [1.29, 1.82) is 0 Å². The van der Waals surface area contributed by atoms with Gasteiger partial charge in [-0.25, -0.2) is 0 Å². The molecule has 1 heterocycles. The maximum atomic E-state index is 12.9. The van der Waals surface area contributed by atoms with Gasteiger partial charge in [-0.2, -0.15) is 0 Å². The molecule has 0 saturated carbocycles. The number of anilines is 1. The summed E-state index contributed by atoms with van der Waals surface area (Å²) in [5.74, 6) is 0.593. The molecule has 2 amide bonds. The van der Waals surface area contributed by atoms with Crippen molar-refractivity contribution in [3.05, 3.63) is 81.7 Å². The summed E-state index contributed by atoms with van der Waals surface area (Å²) in [6, 6.07) is 14.7. The van der Waals surface area contributed by atoms with Gasteiger partial charge in [0.25, 0.3) is 5.91 Å². The van der Waals surface area contributed by atoms with Crippen LogP contribution in [-0.2, 0) is 11.3 Å². The second kappa shape index (κ2) is 12.2. The van der Waals surface area contributed by atoms with Crippen LogP contribution in [0, 0.1) is 16.4 Å². The molecule has 0 aliphatic rings. The first-order valence-corrected chi connectivity index (χ1v) is 12.9. The van der Waals surface area contributed by atoms with Crippen molar-refractivity contribution in [2.24, 2.45) is 5.92 Å². The Balaban J connectivity index is 1.74. The van der Waals surface area contributed by atoms with Crippen LogP contribution in [0.3, 0.4) is 0 Å². The van der Waals surface area contributed by atoms with E-state index in [2.05, 4.69) is 50.0 Å². The van der Waals surface area contributed by atoms with Crippen LogP contribution in [0.15, 0.2) is 66.3 Å². The van der Waals surface area contributed by atoms with Gasteiger partial charge in [-0.05, 0) is 71.8 Å². The number of halogens is 1. The number of carbonyl (C=O) groups is 2. The number of hydrogen-bond donors (Lipinski definition) is 2. The van der Waals surface area contributed by atoms with Crippen molar-refractivity contribution < 1.29 is 9.59 Å². The van der Waals surface area contributed by atoms with Crippen molar-refractivity contribution in [3.8, 4) is 0 Å². The number of allylic oxidation sites excluding steroid dienone is 1. The number of nitrogens with one attached hydrogen (secondary N) is 2. The summed E-state index contributed by atoms with van der Waals surface area (Å²) >= 11 is 3.52. The second-order valence-corrected chi connectivity index (χ2v) is 10.3. The van der Waals surface area contributed by atoms with Crippen molar-refractivity contribution in [2.45, 2.75) is 38.5 Å². The van der Waals surface area contributed by atoms with Gasteiger partial charge in [0.1, 0.15) is 0 Å². The summed E-state index contributed by atoms with van der Waals surface area (Å²) in [4.78, 5) is 25.3. The standard InChI is InChI=1S/C25H28IN5O2S/c1-5-14-31-23(22(16(2)3)28-24(33)18-8-6-17(4)7-9-18)29-30-25(31)34-15-21(32)27-20-12-10-19(26)11-13-20/h5-13,16,22H,1,14-15H2,2-4H3,(H,27,32)(H,28,33)/t22-/m1/s1. The molecule has 1 atom stereocenters. The van der Waals surface area contributed by atoms with Gasteiger partial charge in [0, 0.05) is 21.4 Å². The van der Waals surface area contributed by atoms with E-state index < -0.39 is 0 Å². The van der Waals surface area contributed by atoms with E-state index in [9.17, 15) is 9.59 Å². The first-order valence-electron chi connectivity index (χ1n) is 10.9. The highest BCUT2D eigenvalue weighted by Crippen LogP contribution is 2.26. The Morgan fingerprint density at radius 3 is 2.41 bits per heavy atom. The number of amides is 2. The van der Waals surface area contributed by atoms with Gasteiger partial charge < -0.3 is 15.2 Å². The average molecular weight is 590 g/mol. The summed E-state index contributed by atoms with van der Waals surface area (Å²) in [6.45, 7) is 10.3. The molecule has 0 unspecified atom stereocenters. The SMILES string of the molecule is C=CCn1c(SCC(=O)Nc2ccc(I)cc2)nnc1[C@H](NC(=O)c1ccc(C)cc1)C(C)C. The summed E-state index contributed by atoms with van der Waals surface area (Å²) < 4.78 is 3.00. The predicted octanol–water partition coefficient (Wildman–Crippen LogP) is 5.24. The third-order valence-electron chi connectivity index (χ3n) is 5.06. The fourth-order valence-electron chi connectivity index (χ4n) is 3.26. The van der Waals surface area contributed by atoms with Crippen LogP contribution < -0.4 is 10.6 Å². The minimum absolute atomic E-state index is 0.0733. The predicted molar refractivity (Wildman–Crippen MR) is 145 cm³/mol. The maximum absolute atomic E-state index is 12.9. The summed E-state index contributed by atoms with van der Waals surface area (Å²) in [5.41, 5.74) is 2.43. The van der Waals surface area contributed by atoms with E-state index in [0.29, 0.717) is 23.1 Å². The Morgan fingerprint density at radius 2 is 1.79 bits per heavy atom. The molecule has 2 N–H and O–H groups in total. The minimum atomic E-state index is -0.351. The Kier molecular flexibility index (Phi) is 9.28. The Bertz CT molecular complexity index is 1140. The van der Waals surface area contributed by atoms with Crippen LogP contribution in [0.1, 0.15) is 41.6 Å². The smallest absolute Gasteiger partial charge is 0.251 e. The number of rotatable bonds is 10. The zero-order valence-electron chi connectivity index (χ0n) is 19.4. The molecule has 0 bridgehead atoms. The normalized spacial score (nSPS) is 11.8. The Labute approximate surface area is 218 Å². The zero-order valence-corrected chi connectivity index (χ0v) is 22.4. The van der Waals surface area contributed by atoms with Gasteiger partial charge in [0.05, 0.1) is 11.8 Å². The largest absolute Gasteiger partial charge is 0.342 e. The van der Waals surface area contributed by atoms with Gasteiger partial charge >= 0.3 is 0 Å². The lowest BCUT2D eigenvalue weighted by atomic mass is 10.0. The van der Waals surface area contributed by atoms with E-state index in [1.165, 1.54) is 11.8 Å². The highest BCUT2D eigenvalue weighted by molar-refractivity contribution is 14.1. The quantitative estimate of drug-likeness (QED) is 0.192. The van der Waals surface area contributed by atoms with E-state index in [0.717, 1.165) is 14.8 Å². The number of carbonyl (C=O) groups excluding carboxylic acids is 2. The van der Waals surface area contributed by atoms with Crippen LogP contribution in [0.4, 0.5) is 5.69 Å². The molecule has 0 radical (unpaired) electrons. The molecular weight excluding hydrogens is 561 g/mol. The van der Waals surface area contributed by atoms with Crippen molar-refractivity contribution in [1.82, 2.24) is 20.1 Å². The lowest BCUT2D eigenvalue weighted by Gasteiger charge is -2.22. The molecule has 178 valence electrons. The van der Waals surface area contributed by atoms with Gasteiger partial charge in [0.2, 0.25) is 5.91 Å². The third kappa shape index (κ3) is 6.92. The Hall–Kier alpha value is -2.66. The zero-order chi connectivity index (χ0) is 24.7. The van der Waals surface area contributed by atoms with Crippen LogP contribution in [-0.4, -0.2) is 32.3 Å². The first kappa shape index (κ1) is 26.0. The molecule has 0 saturated heterocycles. The molecule has 0 fully saturated rings. The number of nitrogens with zero attached hydrogens (tertiary/aromatic N) is 3. The topological polar surface area (TPSA) is 88.9 Å². The molecule has 1 aromatic heterocycles. The molecule has 2 aromatic carbocycles. The van der Waals surface area contributed by atoms with E-state index in [-0.39, 0.29) is 29.5 Å². The van der Waals surface area contributed by atoms with Crippen LogP contribution in [0.2, 0.25) is 0 Å². The van der Waals surface area contributed by atoms with E-state index in [4.69, 9.17) is 0 Å². The van der Waals surface area contributed by atoms with Gasteiger partial charge in [-0.1, -0.05) is 49.4 Å². The van der Waals surface area contributed by atoms with Gasteiger partial charge in [-0.15, -0.1) is 16.8 Å². The second-order valence-electron chi connectivity index (χ2n) is 8.14.